The van der Waals surface area contributed by atoms with Crippen molar-refractivity contribution in [1.82, 2.24) is 10.2 Å². The summed E-state index contributed by atoms with van der Waals surface area (Å²) in [6.07, 6.45) is 3.24. The second-order valence-corrected chi connectivity index (χ2v) is 7.35. The van der Waals surface area contributed by atoms with E-state index < -0.39 is 17.6 Å². The third-order valence-corrected chi connectivity index (χ3v) is 5.63. The summed E-state index contributed by atoms with van der Waals surface area (Å²) in [7, 11) is 1.11. The smallest absolute Gasteiger partial charge is 0.324 e. The summed E-state index contributed by atoms with van der Waals surface area (Å²) in [5, 5.41) is 21.8. The maximum atomic E-state index is 12.6. The fourth-order valence-electron chi connectivity index (χ4n) is 4.10. The number of hydrogen-bond acceptors (Lipinski definition) is 5. The first-order chi connectivity index (χ1) is 11.3. The number of aliphatic carboxylic acids is 1. The molecule has 2 saturated heterocycles. The Morgan fingerprint density at radius 1 is 1.42 bits per heavy atom. The SMILES string of the molecule is CC(C)[C@H](N)C(=O)N1CC[C@H]2[C@@H]1CN[C@@]2(CCCC[B]O)C(=O)O. The number of likely N-dealkylation sites (tertiary alicyclic amines) is 1. The second-order valence-electron chi connectivity index (χ2n) is 7.35. The highest BCUT2D eigenvalue weighted by Gasteiger charge is 2.58. The Balaban J connectivity index is 2.09. The Morgan fingerprint density at radius 3 is 2.71 bits per heavy atom. The maximum absolute atomic E-state index is 12.6. The lowest BCUT2D eigenvalue weighted by Gasteiger charge is -2.31. The van der Waals surface area contributed by atoms with E-state index >= 15 is 0 Å². The van der Waals surface area contributed by atoms with Crippen LogP contribution in [0.4, 0.5) is 0 Å². The minimum absolute atomic E-state index is 0.0601. The van der Waals surface area contributed by atoms with Crippen LogP contribution in [0.3, 0.4) is 0 Å². The molecule has 135 valence electrons. The molecule has 5 N–H and O–H groups in total. The van der Waals surface area contributed by atoms with Gasteiger partial charge in [0.05, 0.1) is 6.04 Å². The summed E-state index contributed by atoms with van der Waals surface area (Å²) < 4.78 is 0. The predicted octanol–water partition coefficient (Wildman–Crippen LogP) is -0.186. The number of nitrogens with one attached hydrogen (secondary N) is 1. The van der Waals surface area contributed by atoms with E-state index in [0.717, 1.165) is 20.3 Å². The van der Waals surface area contributed by atoms with Crippen molar-refractivity contribution in [2.75, 3.05) is 13.1 Å². The molecule has 0 saturated carbocycles. The van der Waals surface area contributed by atoms with Crippen LogP contribution < -0.4 is 11.1 Å². The van der Waals surface area contributed by atoms with Gasteiger partial charge in [0.25, 0.3) is 7.48 Å². The van der Waals surface area contributed by atoms with Crippen molar-refractivity contribution in [2.24, 2.45) is 17.6 Å². The van der Waals surface area contributed by atoms with Crippen molar-refractivity contribution in [1.29, 1.82) is 0 Å². The van der Waals surface area contributed by atoms with E-state index in [4.69, 9.17) is 10.8 Å². The Hall–Kier alpha value is -1.12. The first kappa shape index (κ1) is 19.2. The van der Waals surface area contributed by atoms with Gasteiger partial charge in [0.15, 0.2) is 0 Å². The van der Waals surface area contributed by atoms with Crippen LogP contribution in [-0.4, -0.2) is 65.1 Å². The monoisotopic (exact) mass is 338 g/mol. The summed E-state index contributed by atoms with van der Waals surface area (Å²) >= 11 is 0. The fourth-order valence-corrected chi connectivity index (χ4v) is 4.10. The van der Waals surface area contributed by atoms with E-state index in [9.17, 15) is 14.7 Å². The number of amides is 1. The van der Waals surface area contributed by atoms with Crippen LogP contribution in [-0.2, 0) is 9.59 Å². The van der Waals surface area contributed by atoms with Gasteiger partial charge in [0.1, 0.15) is 5.54 Å². The third kappa shape index (κ3) is 3.46. The minimum atomic E-state index is -0.975. The molecule has 0 aromatic rings. The van der Waals surface area contributed by atoms with E-state index in [1.54, 1.807) is 4.90 Å². The zero-order chi connectivity index (χ0) is 17.9. The van der Waals surface area contributed by atoms with Crippen LogP contribution in [0.2, 0.25) is 6.32 Å². The molecule has 1 radical (unpaired) electrons. The topological polar surface area (TPSA) is 116 Å². The number of carboxylic acids is 1. The third-order valence-electron chi connectivity index (χ3n) is 5.63. The molecule has 4 atom stereocenters. The number of nitrogens with two attached hydrogens (primary N) is 1. The van der Waals surface area contributed by atoms with Gasteiger partial charge in [0, 0.05) is 25.0 Å². The number of carbonyl (C=O) groups is 2. The molecule has 2 aliphatic heterocycles. The second kappa shape index (κ2) is 7.84. The summed E-state index contributed by atoms with van der Waals surface area (Å²) in [6.45, 7) is 4.92. The molecule has 24 heavy (non-hydrogen) atoms. The van der Waals surface area contributed by atoms with Crippen LogP contribution in [0.25, 0.3) is 0 Å². The molecule has 0 aliphatic carbocycles. The number of fused-ring (bicyclic) bond motifs is 1. The largest absolute Gasteiger partial charge is 0.480 e. The Bertz CT molecular complexity index is 476. The van der Waals surface area contributed by atoms with Gasteiger partial charge in [0.2, 0.25) is 5.91 Å². The standard InChI is InChI=1S/C16H29BN3O4/c1-10(2)13(18)14(21)20-8-5-11-12(20)9-19-16(11,15(22)23)6-3-4-7-17-24/h10-13,19,24H,3-9,18H2,1-2H3,(H,22,23)/t11-,12-,13-,16+/m0/s1. The van der Waals surface area contributed by atoms with Crippen molar-refractivity contribution in [3.8, 4) is 0 Å². The average molecular weight is 338 g/mol. The molecule has 0 aromatic heterocycles. The van der Waals surface area contributed by atoms with Gasteiger partial charge in [-0.25, -0.2) is 0 Å². The van der Waals surface area contributed by atoms with Crippen LogP contribution in [0.5, 0.6) is 0 Å². The highest BCUT2D eigenvalue weighted by Crippen LogP contribution is 2.41. The number of nitrogens with zero attached hydrogens (tertiary/aromatic N) is 1. The van der Waals surface area contributed by atoms with E-state index in [1.807, 2.05) is 13.8 Å². The van der Waals surface area contributed by atoms with Crippen molar-refractivity contribution in [3.63, 3.8) is 0 Å². The Kier molecular flexibility index (Phi) is 6.28. The van der Waals surface area contributed by atoms with Crippen LogP contribution >= 0.6 is 0 Å². The van der Waals surface area contributed by atoms with Gasteiger partial charge in [-0.3, -0.25) is 14.9 Å². The lowest BCUT2D eigenvalue weighted by atomic mass is 9.78. The summed E-state index contributed by atoms with van der Waals surface area (Å²) in [5.41, 5.74) is 5.03. The van der Waals surface area contributed by atoms with Crippen LogP contribution in [0.1, 0.15) is 39.5 Å². The van der Waals surface area contributed by atoms with Crippen molar-refractivity contribution >= 4 is 19.4 Å². The lowest BCUT2D eigenvalue weighted by molar-refractivity contribution is -0.147. The number of carbonyl (C=O) groups excluding carboxylic acids is 1. The molecule has 0 spiro atoms. The first-order valence-electron chi connectivity index (χ1n) is 8.85. The quantitative estimate of drug-likeness (QED) is 0.360. The highest BCUT2D eigenvalue weighted by atomic mass is 16.4. The Morgan fingerprint density at radius 2 is 2.12 bits per heavy atom. The van der Waals surface area contributed by atoms with Gasteiger partial charge in [-0.2, -0.15) is 0 Å². The van der Waals surface area contributed by atoms with Gasteiger partial charge in [-0.05, 0) is 18.8 Å². The van der Waals surface area contributed by atoms with Gasteiger partial charge in [-0.1, -0.05) is 33.0 Å². The molecule has 2 heterocycles. The average Bonchev–Trinajstić information content (AvgIpc) is 3.11. The number of unbranched alkanes of at least 4 members (excludes halogenated alkanes) is 1. The van der Waals surface area contributed by atoms with Crippen molar-refractivity contribution in [3.05, 3.63) is 0 Å². The molecule has 2 aliphatic rings. The number of rotatable bonds is 8. The molecular formula is C16H29BN3O4. The molecule has 1 amide bonds. The molecule has 0 aromatic carbocycles. The molecule has 7 nitrogen and oxygen atoms in total. The molecule has 0 bridgehead atoms. The van der Waals surface area contributed by atoms with Crippen LogP contribution in [0.15, 0.2) is 0 Å². The normalized spacial score (nSPS) is 30.5. The van der Waals surface area contributed by atoms with Crippen molar-refractivity contribution < 1.29 is 19.7 Å². The van der Waals surface area contributed by atoms with Crippen LogP contribution in [0, 0.1) is 11.8 Å². The van der Waals surface area contributed by atoms with Gasteiger partial charge in [-0.15, -0.1) is 0 Å². The summed E-state index contributed by atoms with van der Waals surface area (Å²) in [6, 6.07) is -0.633. The number of carboxylic acid groups (broad SMARTS) is 1. The van der Waals surface area contributed by atoms with E-state index in [-0.39, 0.29) is 23.8 Å². The van der Waals surface area contributed by atoms with Gasteiger partial charge >= 0.3 is 5.97 Å². The fraction of sp³-hybridized carbons (Fsp3) is 0.875. The minimum Gasteiger partial charge on any atom is -0.480 e. The van der Waals surface area contributed by atoms with E-state index in [2.05, 4.69) is 5.32 Å². The van der Waals surface area contributed by atoms with Crippen molar-refractivity contribution in [2.45, 2.75) is 63.5 Å². The molecule has 2 rings (SSSR count). The first-order valence-corrected chi connectivity index (χ1v) is 8.85. The maximum Gasteiger partial charge on any atom is 0.324 e. The highest BCUT2D eigenvalue weighted by molar-refractivity contribution is 6.25. The zero-order valence-electron chi connectivity index (χ0n) is 14.6. The summed E-state index contributed by atoms with van der Waals surface area (Å²) in [5.74, 6) is -0.943. The predicted molar refractivity (Wildman–Crippen MR) is 91.4 cm³/mol. The molecule has 8 heteroatoms. The molecular weight excluding hydrogens is 309 g/mol. The van der Waals surface area contributed by atoms with E-state index in [0.29, 0.717) is 32.3 Å². The summed E-state index contributed by atoms with van der Waals surface area (Å²) in [4.78, 5) is 26.4. The lowest BCUT2D eigenvalue weighted by Crippen LogP contribution is -2.52. The molecule has 0 unspecified atom stereocenters. The van der Waals surface area contributed by atoms with Gasteiger partial charge < -0.3 is 20.8 Å². The molecule has 2 fully saturated rings. The van der Waals surface area contributed by atoms with E-state index in [1.165, 1.54) is 0 Å². The Labute approximate surface area is 144 Å². The number of hydrogen-bond donors (Lipinski definition) is 4. The zero-order valence-corrected chi connectivity index (χ0v) is 14.6.